The Bertz CT molecular complexity index is 1260. The van der Waals surface area contributed by atoms with E-state index in [9.17, 15) is 19.5 Å². The zero-order valence-corrected chi connectivity index (χ0v) is 20.3. The van der Waals surface area contributed by atoms with Gasteiger partial charge in [0.15, 0.2) is 11.5 Å². The van der Waals surface area contributed by atoms with Crippen molar-refractivity contribution in [2.45, 2.75) is 20.8 Å². The van der Waals surface area contributed by atoms with E-state index < -0.39 is 23.8 Å². The molecule has 0 aliphatic heterocycles. The number of hydrogen-bond acceptors (Lipinski definition) is 6. The Morgan fingerprint density at radius 2 is 1.68 bits per heavy atom. The van der Waals surface area contributed by atoms with Gasteiger partial charge in [0.25, 0.3) is 0 Å². The summed E-state index contributed by atoms with van der Waals surface area (Å²) in [5.41, 5.74) is 2.17. The van der Waals surface area contributed by atoms with Gasteiger partial charge >= 0.3 is 17.9 Å². The normalized spacial score (nSPS) is 11.0. The molecule has 3 aromatic carbocycles. The number of carbonyl (C=O) groups is 3. The van der Waals surface area contributed by atoms with Gasteiger partial charge in [-0.25, -0.2) is 9.59 Å². The monoisotopic (exact) mass is 523 g/mol. The van der Waals surface area contributed by atoms with Crippen molar-refractivity contribution in [1.29, 1.82) is 0 Å². The Kier molecular flexibility index (Phi) is 7.96. The van der Waals surface area contributed by atoms with Crippen LogP contribution in [0.1, 0.15) is 45.7 Å². The van der Waals surface area contributed by atoms with Gasteiger partial charge in [-0.3, -0.25) is 9.79 Å². The first-order valence-corrected chi connectivity index (χ1v) is 11.1. The molecule has 3 rings (SSSR count). The third kappa shape index (κ3) is 6.39. The van der Waals surface area contributed by atoms with Crippen LogP contribution >= 0.6 is 15.9 Å². The van der Waals surface area contributed by atoms with Crippen LogP contribution in [0, 0.1) is 12.8 Å². The molecule has 0 saturated heterocycles. The predicted molar refractivity (Wildman–Crippen MR) is 131 cm³/mol. The molecule has 7 nitrogen and oxygen atoms in total. The molecule has 0 aromatic heterocycles. The average Bonchev–Trinajstić information content (AvgIpc) is 2.79. The van der Waals surface area contributed by atoms with Crippen molar-refractivity contribution in [3.8, 4) is 11.5 Å². The highest BCUT2D eigenvalue weighted by molar-refractivity contribution is 9.10. The summed E-state index contributed by atoms with van der Waals surface area (Å²) in [6, 6.07) is 16.1. The summed E-state index contributed by atoms with van der Waals surface area (Å²) in [5.74, 6) is -2.57. The van der Waals surface area contributed by atoms with Gasteiger partial charge in [-0.05, 0) is 49.4 Å². The first kappa shape index (κ1) is 24.9. The van der Waals surface area contributed by atoms with Crippen molar-refractivity contribution in [3.05, 3.63) is 87.4 Å². The van der Waals surface area contributed by atoms with E-state index in [4.69, 9.17) is 9.47 Å². The maximum atomic E-state index is 12.7. The molecule has 0 aliphatic rings. The van der Waals surface area contributed by atoms with Gasteiger partial charge < -0.3 is 14.6 Å². The molecule has 1 N–H and O–H groups in total. The summed E-state index contributed by atoms with van der Waals surface area (Å²) in [6.07, 6.45) is 1.41. The summed E-state index contributed by atoms with van der Waals surface area (Å²) in [6.45, 7) is 5.28. The Morgan fingerprint density at radius 3 is 2.32 bits per heavy atom. The summed E-state index contributed by atoms with van der Waals surface area (Å²) in [4.78, 5) is 40.7. The SMILES string of the molecule is Cc1ccc(C(=O)Oc2cc(Br)cc(C=Nc3cccc(C(=O)O)c3)c2OC(=O)C(C)C)cc1. The van der Waals surface area contributed by atoms with Gasteiger partial charge in [-0.2, -0.15) is 0 Å². The fourth-order valence-corrected chi connectivity index (χ4v) is 3.25. The molecule has 0 atom stereocenters. The number of carbonyl (C=O) groups excluding carboxylic acids is 2. The third-order valence-corrected chi connectivity index (χ3v) is 5.12. The standard InChI is InChI=1S/C26H22BrNO6/c1-15(2)25(31)34-23-19(14-28-21-6-4-5-18(12-21)24(29)30)11-20(27)13-22(23)33-26(32)17-9-7-16(3)8-10-17/h4-15H,1-3H3,(H,29,30). The summed E-state index contributed by atoms with van der Waals surface area (Å²) in [5, 5.41) is 9.19. The lowest BCUT2D eigenvalue weighted by Gasteiger charge is -2.15. The molecule has 8 heteroatoms. The van der Waals surface area contributed by atoms with Crippen molar-refractivity contribution in [2.24, 2.45) is 10.9 Å². The molecule has 0 radical (unpaired) electrons. The van der Waals surface area contributed by atoms with Gasteiger partial charge in [0.2, 0.25) is 0 Å². The van der Waals surface area contributed by atoms with Crippen molar-refractivity contribution in [2.75, 3.05) is 0 Å². The molecule has 0 heterocycles. The minimum Gasteiger partial charge on any atom is -0.478 e. The highest BCUT2D eigenvalue weighted by Gasteiger charge is 2.21. The minimum absolute atomic E-state index is 0.0282. The first-order chi connectivity index (χ1) is 16.1. The molecule has 0 aliphatic carbocycles. The van der Waals surface area contributed by atoms with Crippen LogP contribution in [0.3, 0.4) is 0 Å². The van der Waals surface area contributed by atoms with E-state index in [1.54, 1.807) is 56.3 Å². The third-order valence-electron chi connectivity index (χ3n) is 4.66. The highest BCUT2D eigenvalue weighted by Crippen LogP contribution is 2.36. The van der Waals surface area contributed by atoms with Crippen LogP contribution in [0.2, 0.25) is 0 Å². The van der Waals surface area contributed by atoms with Crippen LogP contribution in [0.5, 0.6) is 11.5 Å². The van der Waals surface area contributed by atoms with Gasteiger partial charge in [-0.1, -0.05) is 53.5 Å². The Hall–Kier alpha value is -3.78. The van der Waals surface area contributed by atoms with Gasteiger partial charge in [0.05, 0.1) is 22.7 Å². The second-order valence-electron chi connectivity index (χ2n) is 7.77. The number of hydrogen-bond donors (Lipinski definition) is 1. The van der Waals surface area contributed by atoms with Crippen molar-refractivity contribution in [3.63, 3.8) is 0 Å². The maximum absolute atomic E-state index is 12.7. The van der Waals surface area contributed by atoms with Crippen LogP contribution in [0.4, 0.5) is 5.69 Å². The molecule has 34 heavy (non-hydrogen) atoms. The van der Waals surface area contributed by atoms with E-state index in [1.807, 2.05) is 6.92 Å². The fourth-order valence-electron chi connectivity index (χ4n) is 2.80. The number of rotatable bonds is 7. The number of esters is 2. The number of nitrogens with zero attached hydrogens (tertiary/aromatic N) is 1. The number of aryl methyl sites for hydroxylation is 1. The predicted octanol–water partition coefficient (Wildman–Crippen LogP) is 5.99. The summed E-state index contributed by atoms with van der Waals surface area (Å²) in [7, 11) is 0. The maximum Gasteiger partial charge on any atom is 0.343 e. The number of aromatic carboxylic acids is 1. The Balaban J connectivity index is 2.02. The zero-order valence-electron chi connectivity index (χ0n) is 18.7. The number of aliphatic imine (C=N–C) groups is 1. The number of ether oxygens (including phenoxy) is 2. The van der Waals surface area contributed by atoms with Crippen LogP contribution in [0.25, 0.3) is 0 Å². The minimum atomic E-state index is -1.07. The van der Waals surface area contributed by atoms with E-state index >= 15 is 0 Å². The highest BCUT2D eigenvalue weighted by atomic mass is 79.9. The van der Waals surface area contributed by atoms with E-state index in [0.29, 0.717) is 21.3 Å². The van der Waals surface area contributed by atoms with Crippen molar-refractivity contribution < 1.29 is 29.0 Å². The lowest BCUT2D eigenvalue weighted by atomic mass is 10.1. The first-order valence-electron chi connectivity index (χ1n) is 10.4. The Labute approximate surface area is 205 Å². The van der Waals surface area contributed by atoms with Gasteiger partial charge in [0.1, 0.15) is 0 Å². The molecular formula is C26H22BrNO6. The number of halogens is 1. The Morgan fingerprint density at radius 1 is 0.971 bits per heavy atom. The van der Waals surface area contributed by atoms with E-state index in [-0.39, 0.29) is 17.1 Å². The summed E-state index contributed by atoms with van der Waals surface area (Å²) < 4.78 is 11.7. The van der Waals surface area contributed by atoms with E-state index in [2.05, 4.69) is 20.9 Å². The molecule has 0 amide bonds. The topological polar surface area (TPSA) is 102 Å². The molecule has 174 valence electrons. The quantitative estimate of drug-likeness (QED) is 0.232. The largest absolute Gasteiger partial charge is 0.478 e. The van der Waals surface area contributed by atoms with Crippen LogP contribution < -0.4 is 9.47 Å². The van der Waals surface area contributed by atoms with Gasteiger partial charge in [0, 0.05) is 16.3 Å². The van der Waals surface area contributed by atoms with E-state index in [0.717, 1.165) is 5.56 Å². The zero-order chi connectivity index (χ0) is 24.8. The number of carboxylic acid groups (broad SMARTS) is 1. The van der Waals surface area contributed by atoms with Crippen LogP contribution in [-0.2, 0) is 4.79 Å². The average molecular weight is 524 g/mol. The molecule has 0 unspecified atom stereocenters. The molecule has 0 bridgehead atoms. The van der Waals surface area contributed by atoms with Gasteiger partial charge in [-0.15, -0.1) is 0 Å². The molecule has 0 spiro atoms. The molecule has 0 saturated carbocycles. The lowest BCUT2D eigenvalue weighted by Crippen LogP contribution is -2.17. The molecule has 0 fully saturated rings. The lowest BCUT2D eigenvalue weighted by molar-refractivity contribution is -0.137. The molecule has 3 aromatic rings. The molecular weight excluding hydrogens is 502 g/mol. The van der Waals surface area contributed by atoms with E-state index in [1.165, 1.54) is 24.4 Å². The fraction of sp³-hybridized carbons (Fsp3) is 0.154. The van der Waals surface area contributed by atoms with Crippen LogP contribution in [0.15, 0.2) is 70.1 Å². The van der Waals surface area contributed by atoms with Crippen LogP contribution in [-0.4, -0.2) is 29.2 Å². The second-order valence-corrected chi connectivity index (χ2v) is 8.68. The number of carboxylic acids is 1. The summed E-state index contributed by atoms with van der Waals surface area (Å²) >= 11 is 3.38. The second kappa shape index (κ2) is 10.9. The smallest absolute Gasteiger partial charge is 0.343 e. The van der Waals surface area contributed by atoms with Crippen molar-refractivity contribution >= 4 is 45.7 Å². The number of benzene rings is 3. The van der Waals surface area contributed by atoms with Crippen molar-refractivity contribution in [1.82, 2.24) is 0 Å².